The molecular weight excluding hydrogens is 508 g/mol. The van der Waals surface area contributed by atoms with Gasteiger partial charge in [-0.05, 0) is 96.7 Å². The number of aliphatic carboxylic acids is 1. The zero-order valence-corrected chi connectivity index (χ0v) is 27.0. The van der Waals surface area contributed by atoms with Crippen molar-refractivity contribution in [1.29, 1.82) is 0 Å². The Bertz CT molecular complexity index is 932. The van der Waals surface area contributed by atoms with E-state index in [-0.39, 0.29) is 22.9 Å². The normalized spacial score (nSPS) is 19.4. The predicted octanol–water partition coefficient (Wildman–Crippen LogP) is 10.5. The second kappa shape index (κ2) is 14.1. The molecule has 2 aliphatic rings. The Morgan fingerprint density at radius 3 is 1.42 bits per heavy atom. The summed E-state index contributed by atoms with van der Waals surface area (Å²) in [4.78, 5) is 17.3. The predicted molar refractivity (Wildman–Crippen MR) is 168 cm³/mol. The third kappa shape index (κ3) is 12.1. The van der Waals surface area contributed by atoms with Gasteiger partial charge < -0.3 is 10.2 Å². The molecule has 0 aromatic carbocycles. The molecule has 0 aromatic rings. The maximum atomic E-state index is 11.4. The van der Waals surface area contributed by atoms with Crippen molar-refractivity contribution in [2.75, 3.05) is 6.61 Å². The number of thioether (sulfide) groups is 2. The molecule has 0 saturated carbocycles. The van der Waals surface area contributed by atoms with Gasteiger partial charge in [-0.3, -0.25) is 4.79 Å². The number of unbranched alkanes of at least 4 members (excludes halogenated alkanes) is 2. The molecule has 216 valence electrons. The van der Waals surface area contributed by atoms with Crippen LogP contribution in [0.2, 0.25) is 0 Å². The Morgan fingerprint density at radius 2 is 1.05 bits per heavy atom. The molecule has 0 aromatic heterocycles. The largest absolute Gasteiger partial charge is 0.481 e. The van der Waals surface area contributed by atoms with E-state index in [0.29, 0.717) is 0 Å². The molecular formula is C33H54O3S2. The van der Waals surface area contributed by atoms with E-state index in [2.05, 4.69) is 65.8 Å². The fourth-order valence-electron chi connectivity index (χ4n) is 5.08. The van der Waals surface area contributed by atoms with Crippen LogP contribution >= 0.6 is 23.5 Å². The van der Waals surface area contributed by atoms with Gasteiger partial charge in [0.15, 0.2) is 0 Å². The van der Waals surface area contributed by atoms with Gasteiger partial charge in [0.25, 0.3) is 0 Å². The van der Waals surface area contributed by atoms with Crippen molar-refractivity contribution in [1.82, 2.24) is 0 Å². The van der Waals surface area contributed by atoms with Crippen molar-refractivity contribution < 1.29 is 15.0 Å². The minimum Gasteiger partial charge on any atom is -0.481 e. The first kappa shape index (κ1) is 33.3. The number of carboxylic acid groups (broad SMARTS) is 1. The third-order valence-electron chi connectivity index (χ3n) is 7.51. The van der Waals surface area contributed by atoms with Gasteiger partial charge in [0, 0.05) is 17.4 Å². The van der Waals surface area contributed by atoms with Gasteiger partial charge in [-0.1, -0.05) is 102 Å². The number of hydrogen-bond donors (Lipinski definition) is 2. The SMILES string of the molecule is CC1(C)C=C(CCCCC(C)(C)CO)SC(CCCC2=CC(C)(C)C=C(CCCCC(C)(C)C(=O)O)S2)=C1. The third-order valence-corrected chi connectivity index (χ3v) is 9.85. The van der Waals surface area contributed by atoms with Crippen LogP contribution in [0.5, 0.6) is 0 Å². The molecule has 2 rings (SSSR count). The van der Waals surface area contributed by atoms with Crippen LogP contribution in [0.1, 0.15) is 126 Å². The number of carbonyl (C=O) groups is 1. The highest BCUT2D eigenvalue weighted by Crippen LogP contribution is 2.45. The van der Waals surface area contributed by atoms with Crippen LogP contribution in [0.4, 0.5) is 0 Å². The Labute approximate surface area is 242 Å². The van der Waals surface area contributed by atoms with Gasteiger partial charge in [-0.25, -0.2) is 0 Å². The summed E-state index contributed by atoms with van der Waals surface area (Å²) in [5, 5.41) is 18.9. The minimum atomic E-state index is -0.700. The number of carboxylic acids is 1. The van der Waals surface area contributed by atoms with Crippen LogP contribution < -0.4 is 0 Å². The summed E-state index contributed by atoms with van der Waals surface area (Å²) in [5.41, 5.74) is -0.403. The average molecular weight is 563 g/mol. The van der Waals surface area contributed by atoms with E-state index in [1.54, 1.807) is 0 Å². The maximum absolute atomic E-state index is 11.4. The minimum absolute atomic E-state index is 0.0329. The van der Waals surface area contributed by atoms with E-state index in [4.69, 9.17) is 0 Å². The molecule has 0 atom stereocenters. The highest BCUT2D eigenvalue weighted by atomic mass is 32.2. The molecule has 0 amide bonds. The summed E-state index contributed by atoms with van der Waals surface area (Å²) in [5.74, 6) is -0.700. The molecule has 0 spiro atoms. The number of aliphatic hydroxyl groups excluding tert-OH is 1. The molecule has 0 fully saturated rings. The van der Waals surface area contributed by atoms with Crippen molar-refractivity contribution in [3.8, 4) is 0 Å². The highest BCUT2D eigenvalue weighted by Gasteiger charge is 2.27. The molecule has 2 N–H and O–H groups in total. The van der Waals surface area contributed by atoms with Gasteiger partial charge in [0.05, 0.1) is 5.41 Å². The van der Waals surface area contributed by atoms with Crippen molar-refractivity contribution in [2.45, 2.75) is 126 Å². The van der Waals surface area contributed by atoms with Gasteiger partial charge in [0.2, 0.25) is 0 Å². The van der Waals surface area contributed by atoms with Gasteiger partial charge in [-0.2, -0.15) is 0 Å². The average Bonchev–Trinajstić information content (AvgIpc) is 2.77. The zero-order chi connectivity index (χ0) is 28.6. The molecule has 2 aliphatic heterocycles. The molecule has 2 heterocycles. The molecule has 0 aliphatic carbocycles. The summed E-state index contributed by atoms with van der Waals surface area (Å²) in [6.45, 7) is 17.4. The van der Waals surface area contributed by atoms with Crippen molar-refractivity contribution >= 4 is 29.5 Å². The summed E-state index contributed by atoms with van der Waals surface area (Å²) in [6, 6.07) is 0. The lowest BCUT2D eigenvalue weighted by Crippen LogP contribution is -2.23. The zero-order valence-electron chi connectivity index (χ0n) is 25.4. The fourth-order valence-corrected chi connectivity index (χ4v) is 8.19. The first-order valence-electron chi connectivity index (χ1n) is 14.6. The van der Waals surface area contributed by atoms with Crippen LogP contribution in [0.15, 0.2) is 43.9 Å². The lowest BCUT2D eigenvalue weighted by Gasteiger charge is -2.28. The van der Waals surface area contributed by atoms with Gasteiger partial charge in [-0.15, -0.1) is 0 Å². The number of rotatable bonds is 16. The lowest BCUT2D eigenvalue weighted by molar-refractivity contribution is -0.147. The number of allylic oxidation sites excluding steroid dienone is 8. The molecule has 0 radical (unpaired) electrons. The van der Waals surface area contributed by atoms with Crippen LogP contribution in [-0.4, -0.2) is 22.8 Å². The topological polar surface area (TPSA) is 57.5 Å². The Balaban J connectivity index is 1.81. The first-order valence-corrected chi connectivity index (χ1v) is 16.2. The van der Waals surface area contributed by atoms with E-state index in [1.807, 2.05) is 37.4 Å². The van der Waals surface area contributed by atoms with Crippen LogP contribution in [0.25, 0.3) is 0 Å². The van der Waals surface area contributed by atoms with Crippen LogP contribution in [0.3, 0.4) is 0 Å². The Kier molecular flexibility index (Phi) is 12.4. The van der Waals surface area contributed by atoms with E-state index >= 15 is 0 Å². The second-order valence-electron chi connectivity index (χ2n) is 14.1. The standard InChI is InChI=1S/C33H54O3S2/c1-30(2,24-34)18-11-9-14-25-20-31(3,4)22-27(37-25)16-13-17-28-23-32(5,6)21-26(38-28)15-10-12-19-33(7,8)29(35)36/h20-23,34H,9-19,24H2,1-8H3,(H,35,36). The molecule has 0 bridgehead atoms. The van der Waals surface area contributed by atoms with E-state index < -0.39 is 11.4 Å². The Morgan fingerprint density at radius 1 is 0.684 bits per heavy atom. The quantitative estimate of drug-likeness (QED) is 0.183. The van der Waals surface area contributed by atoms with Crippen LogP contribution in [-0.2, 0) is 4.79 Å². The summed E-state index contributed by atoms with van der Waals surface area (Å²) in [7, 11) is 0. The molecule has 38 heavy (non-hydrogen) atoms. The van der Waals surface area contributed by atoms with Crippen molar-refractivity contribution in [2.24, 2.45) is 21.7 Å². The fraction of sp³-hybridized carbons (Fsp3) is 0.727. The number of aliphatic hydroxyl groups is 1. The van der Waals surface area contributed by atoms with Crippen molar-refractivity contribution in [3.63, 3.8) is 0 Å². The van der Waals surface area contributed by atoms with E-state index in [0.717, 1.165) is 51.4 Å². The highest BCUT2D eigenvalue weighted by molar-refractivity contribution is 8.07. The molecule has 0 unspecified atom stereocenters. The van der Waals surface area contributed by atoms with E-state index in [1.165, 1.54) is 38.9 Å². The maximum Gasteiger partial charge on any atom is 0.309 e. The van der Waals surface area contributed by atoms with Gasteiger partial charge in [0.1, 0.15) is 0 Å². The lowest BCUT2D eigenvalue weighted by atomic mass is 9.87. The summed E-state index contributed by atoms with van der Waals surface area (Å²) >= 11 is 3.95. The molecule has 0 saturated heterocycles. The first-order chi connectivity index (χ1) is 17.5. The van der Waals surface area contributed by atoms with E-state index in [9.17, 15) is 15.0 Å². The number of hydrogen-bond acceptors (Lipinski definition) is 4. The summed E-state index contributed by atoms with van der Waals surface area (Å²) < 4.78 is 0. The Hall–Kier alpha value is -0.910. The summed E-state index contributed by atoms with van der Waals surface area (Å²) in [6.07, 6.45) is 21.5. The van der Waals surface area contributed by atoms with Gasteiger partial charge >= 0.3 is 5.97 Å². The molecule has 5 heteroatoms. The second-order valence-corrected chi connectivity index (χ2v) is 16.6. The van der Waals surface area contributed by atoms with Crippen molar-refractivity contribution in [3.05, 3.63) is 43.9 Å². The monoisotopic (exact) mass is 562 g/mol. The smallest absolute Gasteiger partial charge is 0.309 e. The van der Waals surface area contributed by atoms with Crippen LogP contribution in [0, 0.1) is 21.7 Å². The molecule has 3 nitrogen and oxygen atoms in total.